The maximum Gasteiger partial charge on any atom is 0.258 e. The van der Waals surface area contributed by atoms with E-state index in [0.717, 1.165) is 32.4 Å². The Hall–Kier alpha value is -2.47. The SMILES string of the molecule is Cn1c(N2CCC3(CC2)Cc2ccccc2[C@H]3N)ncc(CC=CF)c1=O. The summed E-state index contributed by atoms with van der Waals surface area (Å²) in [5, 5.41) is 0. The predicted molar refractivity (Wildman–Crippen MR) is 104 cm³/mol. The number of hydrogen-bond acceptors (Lipinski definition) is 4. The molecule has 5 nitrogen and oxygen atoms in total. The first-order valence-corrected chi connectivity index (χ1v) is 9.44. The number of allylic oxidation sites excluding steroid dienone is 1. The molecule has 1 spiro atoms. The number of halogens is 1. The van der Waals surface area contributed by atoms with E-state index in [1.54, 1.807) is 17.8 Å². The van der Waals surface area contributed by atoms with Gasteiger partial charge < -0.3 is 10.6 Å². The van der Waals surface area contributed by atoms with Crippen LogP contribution in [0.1, 0.15) is 35.6 Å². The Morgan fingerprint density at radius 3 is 2.78 bits per heavy atom. The number of nitrogens with zero attached hydrogens (tertiary/aromatic N) is 3. The number of fused-ring (bicyclic) bond motifs is 1. The number of nitrogens with two attached hydrogens (primary N) is 1. The highest BCUT2D eigenvalue weighted by molar-refractivity contribution is 5.40. The summed E-state index contributed by atoms with van der Waals surface area (Å²) < 4.78 is 13.8. The fraction of sp³-hybridized carbons (Fsp3) is 0.429. The average Bonchev–Trinajstić information content (AvgIpc) is 2.96. The van der Waals surface area contributed by atoms with Crippen LogP contribution in [0.2, 0.25) is 0 Å². The van der Waals surface area contributed by atoms with Crippen LogP contribution in [0.3, 0.4) is 0 Å². The van der Waals surface area contributed by atoms with Crippen LogP contribution in [-0.2, 0) is 19.9 Å². The van der Waals surface area contributed by atoms with Gasteiger partial charge in [0.2, 0.25) is 5.95 Å². The molecule has 1 atom stereocenters. The highest BCUT2D eigenvalue weighted by Crippen LogP contribution is 2.50. The maximum absolute atomic E-state index is 12.5. The Labute approximate surface area is 158 Å². The maximum atomic E-state index is 12.5. The van der Waals surface area contributed by atoms with Gasteiger partial charge in [-0.25, -0.2) is 9.37 Å². The smallest absolute Gasteiger partial charge is 0.258 e. The molecule has 2 N–H and O–H groups in total. The van der Waals surface area contributed by atoms with Crippen LogP contribution in [0.25, 0.3) is 0 Å². The number of rotatable bonds is 3. The van der Waals surface area contributed by atoms with E-state index >= 15 is 0 Å². The minimum Gasteiger partial charge on any atom is -0.342 e. The van der Waals surface area contributed by atoms with Crippen LogP contribution in [0.15, 0.2) is 47.7 Å². The van der Waals surface area contributed by atoms with Gasteiger partial charge in [-0.1, -0.05) is 30.3 Å². The molecule has 0 saturated carbocycles. The molecule has 1 saturated heterocycles. The molecule has 1 aliphatic carbocycles. The Morgan fingerprint density at radius 2 is 2.07 bits per heavy atom. The Balaban J connectivity index is 1.52. The normalized spacial score (nSPS) is 21.1. The van der Waals surface area contributed by atoms with Gasteiger partial charge in [-0.05, 0) is 42.2 Å². The summed E-state index contributed by atoms with van der Waals surface area (Å²) in [6, 6.07) is 8.55. The standard InChI is InChI=1S/C21H25FN4O/c1-25-19(27)16(6-4-10-22)14-24-20(25)26-11-8-21(9-12-26)13-15-5-2-3-7-17(15)18(21)23/h2-5,7,10,14,18H,6,8-9,11-13,23H2,1H3/t18-/m1/s1. The van der Waals surface area contributed by atoms with Crippen LogP contribution in [0.5, 0.6) is 0 Å². The van der Waals surface area contributed by atoms with Crippen molar-refractivity contribution in [2.75, 3.05) is 18.0 Å². The fourth-order valence-electron chi connectivity index (χ4n) is 4.65. The lowest BCUT2D eigenvalue weighted by atomic mass is 9.73. The number of hydrogen-bond donors (Lipinski definition) is 1. The van der Waals surface area contributed by atoms with Crippen LogP contribution >= 0.6 is 0 Å². The quantitative estimate of drug-likeness (QED) is 0.905. The number of aromatic nitrogens is 2. The molecule has 27 heavy (non-hydrogen) atoms. The zero-order valence-corrected chi connectivity index (χ0v) is 15.6. The second-order valence-corrected chi connectivity index (χ2v) is 7.72. The molecule has 0 bridgehead atoms. The van der Waals surface area contributed by atoms with E-state index < -0.39 is 0 Å². The molecule has 1 aromatic carbocycles. The summed E-state index contributed by atoms with van der Waals surface area (Å²) in [7, 11) is 1.73. The van der Waals surface area contributed by atoms with Crippen molar-refractivity contribution in [1.82, 2.24) is 9.55 Å². The molecule has 142 valence electrons. The summed E-state index contributed by atoms with van der Waals surface area (Å²) in [4.78, 5) is 19.2. The van der Waals surface area contributed by atoms with Crippen molar-refractivity contribution in [3.8, 4) is 0 Å². The van der Waals surface area contributed by atoms with E-state index in [9.17, 15) is 9.18 Å². The molecule has 1 aliphatic heterocycles. The molecule has 2 heterocycles. The molecule has 0 amide bonds. The summed E-state index contributed by atoms with van der Waals surface area (Å²) in [5.41, 5.74) is 9.76. The predicted octanol–water partition coefficient (Wildman–Crippen LogP) is 2.65. The number of benzene rings is 1. The first-order chi connectivity index (χ1) is 13.1. The van der Waals surface area contributed by atoms with Gasteiger partial charge in [-0.2, -0.15) is 0 Å². The third kappa shape index (κ3) is 2.98. The Bertz CT molecular complexity index is 928. The Morgan fingerprint density at radius 1 is 1.33 bits per heavy atom. The van der Waals surface area contributed by atoms with Gasteiger partial charge in [0.05, 0.1) is 6.33 Å². The van der Waals surface area contributed by atoms with Crippen molar-refractivity contribution >= 4 is 5.95 Å². The van der Waals surface area contributed by atoms with E-state index in [0.29, 0.717) is 17.8 Å². The third-order valence-electron chi connectivity index (χ3n) is 6.28. The van der Waals surface area contributed by atoms with E-state index in [1.807, 2.05) is 0 Å². The van der Waals surface area contributed by atoms with Gasteiger partial charge in [0.1, 0.15) is 0 Å². The summed E-state index contributed by atoms with van der Waals surface area (Å²) in [6.45, 7) is 1.65. The topological polar surface area (TPSA) is 64.2 Å². The van der Waals surface area contributed by atoms with Gasteiger partial charge in [0, 0.05) is 37.9 Å². The minimum absolute atomic E-state index is 0.0718. The van der Waals surface area contributed by atoms with Crippen LogP contribution < -0.4 is 16.2 Å². The second kappa shape index (κ2) is 6.93. The van der Waals surface area contributed by atoms with Gasteiger partial charge in [0.15, 0.2) is 0 Å². The van der Waals surface area contributed by atoms with E-state index in [1.165, 1.54) is 17.2 Å². The van der Waals surface area contributed by atoms with Crippen LogP contribution in [-0.4, -0.2) is 22.6 Å². The van der Waals surface area contributed by atoms with Gasteiger partial charge >= 0.3 is 0 Å². The lowest BCUT2D eigenvalue weighted by Crippen LogP contribution is -2.46. The molecular weight excluding hydrogens is 343 g/mol. The largest absolute Gasteiger partial charge is 0.342 e. The second-order valence-electron chi connectivity index (χ2n) is 7.72. The van der Waals surface area contributed by atoms with Crippen molar-refractivity contribution in [3.63, 3.8) is 0 Å². The monoisotopic (exact) mass is 368 g/mol. The third-order valence-corrected chi connectivity index (χ3v) is 6.28. The molecule has 1 fully saturated rings. The highest BCUT2D eigenvalue weighted by atomic mass is 19.1. The minimum atomic E-state index is -0.122. The van der Waals surface area contributed by atoms with E-state index in [2.05, 4.69) is 34.1 Å². The van der Waals surface area contributed by atoms with E-state index in [-0.39, 0.29) is 23.4 Å². The molecule has 2 aliphatic rings. The number of anilines is 1. The summed E-state index contributed by atoms with van der Waals surface area (Å²) in [6.07, 6.45) is 6.59. The molecule has 6 heteroatoms. The molecular formula is C21H25FN4O. The zero-order valence-electron chi connectivity index (χ0n) is 15.6. The lowest BCUT2D eigenvalue weighted by molar-refractivity contribution is 0.186. The van der Waals surface area contributed by atoms with Gasteiger partial charge in [0.25, 0.3) is 5.56 Å². The first-order valence-electron chi connectivity index (χ1n) is 9.44. The molecule has 4 rings (SSSR count). The van der Waals surface area contributed by atoms with Crippen molar-refractivity contribution in [2.24, 2.45) is 18.2 Å². The first kappa shape index (κ1) is 17.9. The number of piperidine rings is 1. The Kier molecular flexibility index (Phi) is 4.60. The highest BCUT2D eigenvalue weighted by Gasteiger charge is 2.46. The molecule has 0 unspecified atom stereocenters. The van der Waals surface area contributed by atoms with Crippen LogP contribution in [0, 0.1) is 5.41 Å². The molecule has 1 aromatic heterocycles. The average molecular weight is 368 g/mol. The van der Waals surface area contributed by atoms with Crippen molar-refractivity contribution < 1.29 is 4.39 Å². The zero-order chi connectivity index (χ0) is 19.0. The summed E-state index contributed by atoms with van der Waals surface area (Å²) >= 11 is 0. The van der Waals surface area contributed by atoms with Crippen molar-refractivity contribution in [2.45, 2.75) is 31.7 Å². The van der Waals surface area contributed by atoms with Crippen LogP contribution in [0.4, 0.5) is 10.3 Å². The van der Waals surface area contributed by atoms with E-state index in [4.69, 9.17) is 5.73 Å². The fourth-order valence-corrected chi connectivity index (χ4v) is 4.65. The van der Waals surface area contributed by atoms with Crippen molar-refractivity contribution in [3.05, 3.63) is 69.9 Å². The molecule has 0 radical (unpaired) electrons. The lowest BCUT2D eigenvalue weighted by Gasteiger charge is -2.42. The van der Waals surface area contributed by atoms with Gasteiger partial charge in [-0.15, -0.1) is 0 Å². The molecule has 2 aromatic rings. The van der Waals surface area contributed by atoms with Crippen molar-refractivity contribution in [1.29, 1.82) is 0 Å². The summed E-state index contributed by atoms with van der Waals surface area (Å²) in [5.74, 6) is 0.673. The van der Waals surface area contributed by atoms with Gasteiger partial charge in [-0.3, -0.25) is 9.36 Å².